The Morgan fingerprint density at radius 3 is 1.49 bits per heavy atom. The summed E-state index contributed by atoms with van der Waals surface area (Å²) >= 11 is 16.8. The van der Waals surface area contributed by atoms with Crippen molar-refractivity contribution in [2.45, 2.75) is 148 Å². The van der Waals surface area contributed by atoms with Crippen molar-refractivity contribution in [1.82, 2.24) is 37.4 Å². The maximum Gasteiger partial charge on any atom is 0.426 e. The third kappa shape index (κ3) is 24.8. The number of carbonyl (C=O) groups excluding carboxylic acids is 8. The molecule has 0 aliphatic heterocycles. The zero-order valence-corrected chi connectivity index (χ0v) is 40.2. The highest BCUT2D eigenvalue weighted by atomic mass is 35.6. The van der Waals surface area contributed by atoms with Crippen molar-refractivity contribution in [2.75, 3.05) is 6.61 Å². The summed E-state index contributed by atoms with van der Waals surface area (Å²) in [5, 5.41) is 13.1. The molecular weight excluding hydrogens is 885 g/mol. The van der Waals surface area contributed by atoms with Crippen LogP contribution in [-0.2, 0) is 49.6 Å². The number of carbonyl (C=O) groups is 8. The van der Waals surface area contributed by atoms with E-state index in [0.717, 1.165) is 0 Å². The monoisotopic (exact) mass is 949 g/mol. The van der Waals surface area contributed by atoms with Crippen LogP contribution in [0, 0.1) is 23.7 Å². The number of esters is 1. The van der Waals surface area contributed by atoms with Crippen LogP contribution < -0.4 is 37.4 Å². The van der Waals surface area contributed by atoms with Gasteiger partial charge in [0.1, 0.15) is 49.0 Å². The minimum absolute atomic E-state index is 0.0289. The molecule has 0 bridgehead atoms. The summed E-state index contributed by atoms with van der Waals surface area (Å²) in [5.74, 6) is -5.86. The molecule has 1 rings (SSSR count). The van der Waals surface area contributed by atoms with Crippen molar-refractivity contribution in [3.63, 3.8) is 0 Å². The Kier molecular flexibility index (Phi) is 24.1. The zero-order valence-electron chi connectivity index (χ0n) is 38.0. The van der Waals surface area contributed by atoms with E-state index in [-0.39, 0.29) is 43.6 Å². The SMILES string of the molecule is CC(C)C[C@H](NC(=O)OC(C)(C)C)C(=O)N[C@H](CC(C)C)C(=O)N[C@H](C(=O)N[C@@H](CC(=O)OCc1ccccc1)C(=O)N[C@H](CC(C)C)C(=O)NNC(=O)OCC(Cl)(Cl)Cl)C(C)C. The lowest BCUT2D eigenvalue weighted by Gasteiger charge is -2.29. The number of benzene rings is 1. The number of hydrogen-bond donors (Lipinski definition) is 7. The third-order valence-corrected chi connectivity index (χ3v) is 8.87. The van der Waals surface area contributed by atoms with E-state index in [1.165, 1.54) is 0 Å². The molecule has 356 valence electrons. The average molecular weight is 951 g/mol. The predicted octanol–water partition coefficient (Wildman–Crippen LogP) is 4.87. The van der Waals surface area contributed by atoms with Crippen LogP contribution >= 0.6 is 34.8 Å². The van der Waals surface area contributed by atoms with Gasteiger partial charge in [-0.05, 0) is 69.3 Å². The summed E-state index contributed by atoms with van der Waals surface area (Å²) < 4.78 is 13.6. The van der Waals surface area contributed by atoms with Gasteiger partial charge in [-0.25, -0.2) is 15.0 Å². The van der Waals surface area contributed by atoms with Crippen LogP contribution in [0.2, 0.25) is 0 Å². The highest BCUT2D eigenvalue weighted by Crippen LogP contribution is 2.25. The summed E-state index contributed by atoms with van der Waals surface area (Å²) in [6, 6.07) is 2.28. The Balaban J connectivity index is 3.39. The van der Waals surface area contributed by atoms with E-state index < -0.39 is 106 Å². The molecule has 0 saturated carbocycles. The summed E-state index contributed by atoms with van der Waals surface area (Å²) in [6.07, 6.45) is -2.23. The summed E-state index contributed by atoms with van der Waals surface area (Å²) in [6.45, 7) is 18.5. The molecule has 1 aromatic carbocycles. The van der Waals surface area contributed by atoms with E-state index in [4.69, 9.17) is 49.0 Å². The van der Waals surface area contributed by atoms with Crippen molar-refractivity contribution in [1.29, 1.82) is 0 Å². The Hall–Kier alpha value is -4.55. The number of hydrazine groups is 1. The second kappa shape index (κ2) is 26.9. The first-order chi connectivity index (χ1) is 29.1. The van der Waals surface area contributed by atoms with Crippen LogP contribution in [0.15, 0.2) is 30.3 Å². The van der Waals surface area contributed by atoms with E-state index in [0.29, 0.717) is 5.56 Å². The van der Waals surface area contributed by atoms with Crippen molar-refractivity contribution < 1.29 is 52.6 Å². The van der Waals surface area contributed by atoms with Gasteiger partial charge in [-0.15, -0.1) is 0 Å². The molecule has 0 unspecified atom stereocenters. The molecule has 0 aromatic heterocycles. The molecule has 5 atom stereocenters. The normalized spacial score (nSPS) is 14.1. The van der Waals surface area contributed by atoms with Gasteiger partial charge in [0, 0.05) is 0 Å². The number of hydrogen-bond acceptors (Lipinski definition) is 11. The molecule has 0 spiro atoms. The maximum atomic E-state index is 14.1. The Labute approximate surface area is 385 Å². The van der Waals surface area contributed by atoms with Crippen molar-refractivity contribution in [3.05, 3.63) is 35.9 Å². The highest BCUT2D eigenvalue weighted by molar-refractivity contribution is 6.67. The van der Waals surface area contributed by atoms with Crippen LogP contribution in [-0.4, -0.2) is 93.9 Å². The second-order valence-corrected chi connectivity index (χ2v) is 20.2. The van der Waals surface area contributed by atoms with Crippen LogP contribution in [0.25, 0.3) is 0 Å². The maximum absolute atomic E-state index is 14.1. The number of ether oxygens (including phenoxy) is 3. The second-order valence-electron chi connectivity index (χ2n) is 17.7. The van der Waals surface area contributed by atoms with Gasteiger partial charge in [0.25, 0.3) is 5.91 Å². The van der Waals surface area contributed by atoms with E-state index in [1.54, 1.807) is 78.8 Å². The van der Waals surface area contributed by atoms with E-state index in [1.807, 2.05) is 33.1 Å². The van der Waals surface area contributed by atoms with Gasteiger partial charge in [0.15, 0.2) is 0 Å². The Morgan fingerprint density at radius 2 is 1.02 bits per heavy atom. The number of rotatable bonds is 22. The van der Waals surface area contributed by atoms with E-state index in [9.17, 15) is 38.4 Å². The number of alkyl carbamates (subject to hydrolysis) is 1. The van der Waals surface area contributed by atoms with Gasteiger partial charge in [-0.3, -0.25) is 34.2 Å². The zero-order chi connectivity index (χ0) is 48.2. The van der Waals surface area contributed by atoms with E-state index >= 15 is 0 Å². The Morgan fingerprint density at radius 1 is 0.556 bits per heavy atom. The average Bonchev–Trinajstić information content (AvgIpc) is 3.14. The highest BCUT2D eigenvalue weighted by Gasteiger charge is 2.36. The molecule has 18 nitrogen and oxygen atoms in total. The smallest absolute Gasteiger partial charge is 0.426 e. The molecule has 0 aliphatic carbocycles. The predicted molar refractivity (Wildman–Crippen MR) is 238 cm³/mol. The standard InChI is InChI=1S/C42H66Cl3N7O11/c1-23(2)17-28(46-34(54)29(18-24(3)4)49-39(59)63-41(9,10)11)36(56)50-33(26(7)8)38(58)48-31(20-32(53)61-21-27-15-13-12-14-16-27)35(55)47-30(19-25(5)6)37(57)51-52-40(60)62-22-42(43,44)45/h12-16,23-26,28-31,33H,17-22H2,1-11H3,(H,46,54)(H,47,55)(H,48,58)(H,49,59)(H,50,56)(H,51,57)(H,52,60)/t28-,29+,30-,31+,33+/m1/s1. The first kappa shape index (κ1) is 56.5. The molecule has 0 fully saturated rings. The minimum Gasteiger partial charge on any atom is -0.461 e. The van der Waals surface area contributed by atoms with Crippen LogP contribution in [0.1, 0.15) is 107 Å². The third-order valence-electron chi connectivity index (χ3n) is 8.54. The quantitative estimate of drug-likeness (QED) is 0.0358. The van der Waals surface area contributed by atoms with Gasteiger partial charge in [0.2, 0.25) is 27.4 Å². The topological polar surface area (TPSA) is 248 Å². The lowest BCUT2D eigenvalue weighted by molar-refractivity contribution is -0.147. The van der Waals surface area contributed by atoms with Gasteiger partial charge >= 0.3 is 18.2 Å². The fourth-order valence-electron chi connectivity index (χ4n) is 5.71. The fourth-order valence-corrected chi connectivity index (χ4v) is 5.87. The van der Waals surface area contributed by atoms with Crippen molar-refractivity contribution in [2.24, 2.45) is 23.7 Å². The Bertz CT molecular complexity index is 1690. The molecule has 7 N–H and O–H groups in total. The number of halogens is 3. The fraction of sp³-hybridized carbons (Fsp3) is 0.667. The molecule has 63 heavy (non-hydrogen) atoms. The summed E-state index contributed by atoms with van der Waals surface area (Å²) in [4.78, 5) is 107. The lowest BCUT2D eigenvalue weighted by Crippen LogP contribution is -2.61. The molecule has 0 saturated heterocycles. The summed E-state index contributed by atoms with van der Waals surface area (Å²) in [5.41, 5.74) is 3.95. The molecule has 0 radical (unpaired) electrons. The van der Waals surface area contributed by atoms with Gasteiger partial charge in [0.05, 0.1) is 6.42 Å². The molecule has 21 heteroatoms. The van der Waals surface area contributed by atoms with Gasteiger partial charge < -0.3 is 40.8 Å². The number of alkyl halides is 3. The van der Waals surface area contributed by atoms with E-state index in [2.05, 4.69) is 32.0 Å². The molecular formula is C42H66Cl3N7O11. The first-order valence-electron chi connectivity index (χ1n) is 20.8. The molecule has 0 aliphatic rings. The van der Waals surface area contributed by atoms with Gasteiger partial charge in [-0.2, -0.15) is 0 Å². The molecule has 0 heterocycles. The number of amides is 7. The van der Waals surface area contributed by atoms with Crippen LogP contribution in [0.3, 0.4) is 0 Å². The lowest BCUT2D eigenvalue weighted by atomic mass is 9.98. The van der Waals surface area contributed by atoms with Crippen molar-refractivity contribution in [3.8, 4) is 0 Å². The summed E-state index contributed by atoms with van der Waals surface area (Å²) in [7, 11) is 0. The van der Waals surface area contributed by atoms with Crippen molar-refractivity contribution >= 4 is 82.5 Å². The van der Waals surface area contributed by atoms with Crippen LogP contribution in [0.4, 0.5) is 9.59 Å². The number of nitrogens with one attached hydrogen (secondary N) is 7. The molecule has 1 aromatic rings. The minimum atomic E-state index is -1.92. The molecule has 7 amide bonds. The first-order valence-corrected chi connectivity index (χ1v) is 21.9. The largest absolute Gasteiger partial charge is 0.461 e. The van der Waals surface area contributed by atoms with Crippen LogP contribution in [0.5, 0.6) is 0 Å². The van der Waals surface area contributed by atoms with Gasteiger partial charge in [-0.1, -0.05) is 121 Å².